The van der Waals surface area contributed by atoms with Gasteiger partial charge in [0.2, 0.25) is 11.1 Å². The Hall–Kier alpha value is -2.38. The average molecular weight is 391 g/mol. The number of aromatic amines is 1. The van der Waals surface area contributed by atoms with Gasteiger partial charge in [-0.3, -0.25) is 9.89 Å². The highest BCUT2D eigenvalue weighted by Gasteiger charge is 2.12. The fourth-order valence-corrected chi connectivity index (χ4v) is 3.03. The first kappa shape index (κ1) is 18.4. The largest absolute Gasteiger partial charge is 0.349 e. The minimum Gasteiger partial charge on any atom is -0.349 e. The van der Waals surface area contributed by atoms with E-state index in [2.05, 4.69) is 20.5 Å². The molecule has 26 heavy (non-hydrogen) atoms. The highest BCUT2D eigenvalue weighted by Crippen LogP contribution is 2.21. The molecule has 0 fully saturated rings. The van der Waals surface area contributed by atoms with Crippen LogP contribution >= 0.6 is 23.4 Å². The molecule has 134 valence electrons. The van der Waals surface area contributed by atoms with Crippen LogP contribution in [-0.2, 0) is 4.79 Å². The van der Waals surface area contributed by atoms with E-state index < -0.39 is 0 Å². The topological polar surface area (TPSA) is 70.7 Å². The summed E-state index contributed by atoms with van der Waals surface area (Å²) < 4.78 is 13.0. The molecule has 0 saturated carbocycles. The lowest BCUT2D eigenvalue weighted by Crippen LogP contribution is -2.28. The number of hydrogen-bond acceptors (Lipinski definition) is 4. The summed E-state index contributed by atoms with van der Waals surface area (Å²) >= 11 is 7.10. The summed E-state index contributed by atoms with van der Waals surface area (Å²) in [6, 6.07) is 13.1. The van der Waals surface area contributed by atoms with Gasteiger partial charge in [0.05, 0.1) is 11.8 Å². The SMILES string of the molecule is CC(NC(=O)CSc1n[nH]c(-c2ccc(Cl)cc2)n1)c1ccc(F)cc1. The Morgan fingerprint density at radius 3 is 2.62 bits per heavy atom. The molecule has 3 rings (SSSR count). The van der Waals surface area contributed by atoms with Crippen LogP contribution in [0.3, 0.4) is 0 Å². The Labute approximate surface area is 159 Å². The first-order valence-corrected chi connectivity index (χ1v) is 9.23. The standard InChI is InChI=1S/C18H16ClFN4OS/c1-11(12-4-8-15(20)9-5-12)21-16(25)10-26-18-22-17(23-24-18)13-2-6-14(19)7-3-13/h2-9,11H,10H2,1H3,(H,21,25)(H,22,23,24). The Balaban J connectivity index is 1.53. The lowest BCUT2D eigenvalue weighted by Gasteiger charge is -2.13. The Bertz CT molecular complexity index is 883. The fraction of sp³-hybridized carbons (Fsp3) is 0.167. The fourth-order valence-electron chi connectivity index (χ4n) is 2.30. The smallest absolute Gasteiger partial charge is 0.230 e. The number of carbonyl (C=O) groups is 1. The summed E-state index contributed by atoms with van der Waals surface area (Å²) in [6.45, 7) is 1.85. The van der Waals surface area contributed by atoms with E-state index in [-0.39, 0.29) is 23.5 Å². The average Bonchev–Trinajstić information content (AvgIpc) is 3.10. The van der Waals surface area contributed by atoms with E-state index in [1.54, 1.807) is 24.3 Å². The van der Waals surface area contributed by atoms with Gasteiger partial charge in [-0.15, -0.1) is 5.10 Å². The van der Waals surface area contributed by atoms with Crippen molar-refractivity contribution in [3.8, 4) is 11.4 Å². The molecule has 2 N–H and O–H groups in total. The second-order valence-corrected chi connectivity index (χ2v) is 6.98. The van der Waals surface area contributed by atoms with E-state index in [9.17, 15) is 9.18 Å². The van der Waals surface area contributed by atoms with Crippen molar-refractivity contribution in [3.63, 3.8) is 0 Å². The van der Waals surface area contributed by atoms with Gasteiger partial charge >= 0.3 is 0 Å². The zero-order chi connectivity index (χ0) is 18.5. The van der Waals surface area contributed by atoms with Crippen molar-refractivity contribution in [2.24, 2.45) is 0 Å². The van der Waals surface area contributed by atoms with Gasteiger partial charge in [0, 0.05) is 10.6 Å². The van der Waals surface area contributed by atoms with Crippen molar-refractivity contribution < 1.29 is 9.18 Å². The predicted molar refractivity (Wildman–Crippen MR) is 101 cm³/mol. The van der Waals surface area contributed by atoms with E-state index in [4.69, 9.17) is 11.6 Å². The highest BCUT2D eigenvalue weighted by molar-refractivity contribution is 7.99. The molecular weight excluding hydrogens is 375 g/mol. The van der Waals surface area contributed by atoms with Gasteiger partial charge in [-0.2, -0.15) is 0 Å². The van der Waals surface area contributed by atoms with E-state index in [1.165, 1.54) is 23.9 Å². The van der Waals surface area contributed by atoms with Crippen LogP contribution in [0.4, 0.5) is 4.39 Å². The number of halogens is 2. The van der Waals surface area contributed by atoms with Crippen LogP contribution < -0.4 is 5.32 Å². The van der Waals surface area contributed by atoms with Crippen LogP contribution in [0.25, 0.3) is 11.4 Å². The van der Waals surface area contributed by atoms with E-state index >= 15 is 0 Å². The molecule has 3 aromatic rings. The van der Waals surface area contributed by atoms with Crippen molar-refractivity contribution in [1.29, 1.82) is 0 Å². The summed E-state index contributed by atoms with van der Waals surface area (Å²) in [5, 5.41) is 11.0. The number of rotatable bonds is 6. The van der Waals surface area contributed by atoms with Crippen LogP contribution in [0, 0.1) is 5.82 Å². The van der Waals surface area contributed by atoms with E-state index in [0.29, 0.717) is 16.0 Å². The van der Waals surface area contributed by atoms with Crippen LogP contribution in [0.5, 0.6) is 0 Å². The molecule has 1 amide bonds. The summed E-state index contributed by atoms with van der Waals surface area (Å²) in [6.07, 6.45) is 0. The van der Waals surface area contributed by atoms with Crippen LogP contribution in [0.1, 0.15) is 18.5 Å². The molecule has 1 heterocycles. The van der Waals surface area contributed by atoms with Gasteiger partial charge in [-0.25, -0.2) is 9.37 Å². The number of nitrogens with one attached hydrogen (secondary N) is 2. The normalized spacial score (nSPS) is 12.0. The molecule has 0 spiro atoms. The van der Waals surface area contributed by atoms with Crippen molar-refractivity contribution >= 4 is 29.3 Å². The monoisotopic (exact) mass is 390 g/mol. The van der Waals surface area contributed by atoms with Gasteiger partial charge < -0.3 is 5.32 Å². The van der Waals surface area contributed by atoms with E-state index in [1.807, 2.05) is 19.1 Å². The first-order valence-electron chi connectivity index (χ1n) is 7.87. The molecule has 1 atom stereocenters. The number of H-pyrrole nitrogens is 1. The second-order valence-electron chi connectivity index (χ2n) is 5.60. The maximum Gasteiger partial charge on any atom is 0.230 e. The molecule has 0 aliphatic carbocycles. The summed E-state index contributed by atoms with van der Waals surface area (Å²) in [7, 11) is 0. The third kappa shape index (κ3) is 4.83. The summed E-state index contributed by atoms with van der Waals surface area (Å²) in [5.41, 5.74) is 1.70. The summed E-state index contributed by atoms with van der Waals surface area (Å²) in [5.74, 6) is 0.349. The van der Waals surface area contributed by atoms with Crippen LogP contribution in [-0.4, -0.2) is 26.8 Å². The Kier molecular flexibility index (Phi) is 5.90. The maximum atomic E-state index is 13.0. The molecule has 0 aliphatic heterocycles. The van der Waals surface area contributed by atoms with Gasteiger partial charge in [-0.1, -0.05) is 35.5 Å². The van der Waals surface area contributed by atoms with Gasteiger partial charge in [0.15, 0.2) is 5.82 Å². The lowest BCUT2D eigenvalue weighted by atomic mass is 10.1. The molecule has 0 saturated heterocycles. The van der Waals surface area contributed by atoms with E-state index in [0.717, 1.165) is 11.1 Å². The zero-order valence-electron chi connectivity index (χ0n) is 13.9. The third-order valence-corrected chi connectivity index (χ3v) is 4.76. The lowest BCUT2D eigenvalue weighted by molar-refractivity contribution is -0.119. The molecule has 1 aromatic heterocycles. The summed E-state index contributed by atoms with van der Waals surface area (Å²) in [4.78, 5) is 16.5. The molecule has 5 nitrogen and oxygen atoms in total. The third-order valence-electron chi connectivity index (χ3n) is 3.66. The van der Waals surface area contributed by atoms with Crippen LogP contribution in [0.2, 0.25) is 5.02 Å². The van der Waals surface area contributed by atoms with Crippen molar-refractivity contribution in [3.05, 3.63) is 64.9 Å². The van der Waals surface area contributed by atoms with Crippen molar-refractivity contribution in [1.82, 2.24) is 20.5 Å². The minimum atomic E-state index is -0.302. The number of benzene rings is 2. The highest BCUT2D eigenvalue weighted by atomic mass is 35.5. The minimum absolute atomic E-state index is 0.148. The maximum absolute atomic E-state index is 13.0. The molecule has 0 aliphatic rings. The van der Waals surface area contributed by atoms with Crippen LogP contribution in [0.15, 0.2) is 53.7 Å². The Morgan fingerprint density at radius 2 is 1.92 bits per heavy atom. The Morgan fingerprint density at radius 1 is 1.23 bits per heavy atom. The molecule has 2 aromatic carbocycles. The zero-order valence-corrected chi connectivity index (χ0v) is 15.4. The molecule has 0 bridgehead atoms. The predicted octanol–water partition coefficient (Wildman–Crippen LogP) is 4.23. The van der Waals surface area contributed by atoms with Crippen molar-refractivity contribution in [2.75, 3.05) is 5.75 Å². The molecular formula is C18H16ClFN4OS. The van der Waals surface area contributed by atoms with Crippen molar-refractivity contribution in [2.45, 2.75) is 18.1 Å². The number of thioether (sulfide) groups is 1. The number of carbonyl (C=O) groups excluding carboxylic acids is 1. The quantitative estimate of drug-likeness (QED) is 0.618. The molecule has 1 unspecified atom stereocenters. The number of nitrogens with zero attached hydrogens (tertiary/aromatic N) is 2. The number of hydrogen-bond donors (Lipinski definition) is 2. The second kappa shape index (κ2) is 8.33. The molecule has 0 radical (unpaired) electrons. The number of aromatic nitrogens is 3. The number of amides is 1. The van der Waals surface area contributed by atoms with Gasteiger partial charge in [0.25, 0.3) is 0 Å². The first-order chi connectivity index (χ1) is 12.5. The van der Waals surface area contributed by atoms with Gasteiger partial charge in [0.1, 0.15) is 5.82 Å². The molecule has 8 heteroatoms. The van der Waals surface area contributed by atoms with Gasteiger partial charge in [-0.05, 0) is 48.9 Å².